The molecule has 0 aliphatic rings. The number of anilines is 1. The van der Waals surface area contributed by atoms with Crippen molar-refractivity contribution in [3.8, 4) is 27.4 Å². The van der Waals surface area contributed by atoms with E-state index in [4.69, 9.17) is 9.72 Å². The Labute approximate surface area is 233 Å². The van der Waals surface area contributed by atoms with Crippen LogP contribution in [-0.4, -0.2) is 22.7 Å². The Balaban J connectivity index is 1.55. The van der Waals surface area contributed by atoms with Gasteiger partial charge in [-0.1, -0.05) is 79.8 Å². The predicted molar refractivity (Wildman–Crippen MR) is 161 cm³/mol. The van der Waals surface area contributed by atoms with Gasteiger partial charge >= 0.3 is 0 Å². The molecule has 4 aromatic rings. The first kappa shape index (κ1) is 28.0. The van der Waals surface area contributed by atoms with Gasteiger partial charge in [-0.05, 0) is 55.7 Å². The van der Waals surface area contributed by atoms with E-state index in [1.807, 2.05) is 24.3 Å². The van der Waals surface area contributed by atoms with E-state index in [9.17, 15) is 10.1 Å². The van der Waals surface area contributed by atoms with Crippen LogP contribution in [0, 0.1) is 24.0 Å². The molecule has 0 aliphatic carbocycles. The maximum Gasteiger partial charge on any atom is 0.269 e. The van der Waals surface area contributed by atoms with Crippen molar-refractivity contribution in [2.45, 2.75) is 52.9 Å². The molecule has 7 nitrogen and oxygen atoms in total. The normalized spacial score (nSPS) is 11.2. The standard InChI is InChI=1S/C31H34N4O3S/c1-4-5-6-7-10-19-38-28-12-9-8-11-25(28)21-32-34-31-33-29(27-18-13-22(2)20-23(27)3)30(39-31)24-14-16-26(17-15-24)35(36)37/h8-9,11-18,20-21H,4-7,10,19H2,1-3H3,(H,33,34)/b32-21-. The maximum absolute atomic E-state index is 11.1. The van der Waals surface area contributed by atoms with Gasteiger partial charge in [-0.15, -0.1) is 0 Å². The minimum atomic E-state index is -0.392. The fourth-order valence-corrected chi connectivity index (χ4v) is 5.26. The third-order valence-corrected chi connectivity index (χ3v) is 7.40. The molecule has 0 unspecified atom stereocenters. The molecule has 0 saturated heterocycles. The highest BCUT2D eigenvalue weighted by Crippen LogP contribution is 2.40. The summed E-state index contributed by atoms with van der Waals surface area (Å²) < 4.78 is 6.03. The highest BCUT2D eigenvalue weighted by atomic mass is 32.1. The Morgan fingerprint density at radius 1 is 1.03 bits per heavy atom. The molecule has 0 amide bonds. The zero-order valence-electron chi connectivity index (χ0n) is 22.6. The number of nitrogens with one attached hydrogen (secondary N) is 1. The second-order valence-electron chi connectivity index (χ2n) is 9.49. The number of nitro benzene ring substituents is 1. The molecule has 0 saturated carbocycles. The van der Waals surface area contributed by atoms with Crippen molar-refractivity contribution in [1.82, 2.24) is 4.98 Å². The van der Waals surface area contributed by atoms with Crippen molar-refractivity contribution in [3.05, 3.63) is 93.5 Å². The molecule has 4 rings (SSSR count). The number of aryl methyl sites for hydroxylation is 2. The number of thiazole rings is 1. The number of aromatic nitrogens is 1. The highest BCUT2D eigenvalue weighted by molar-refractivity contribution is 7.19. The first-order valence-electron chi connectivity index (χ1n) is 13.3. The lowest BCUT2D eigenvalue weighted by Crippen LogP contribution is -2.00. The SMILES string of the molecule is CCCCCCCOc1ccccc1/C=N\Nc1nc(-c2ccc(C)cc2C)c(-c2ccc([N+](=O)[O-])cc2)s1. The monoisotopic (exact) mass is 542 g/mol. The van der Waals surface area contributed by atoms with E-state index < -0.39 is 4.92 Å². The molecule has 39 heavy (non-hydrogen) atoms. The lowest BCUT2D eigenvalue weighted by atomic mass is 10.0. The van der Waals surface area contributed by atoms with Crippen LogP contribution in [0.15, 0.2) is 71.8 Å². The van der Waals surface area contributed by atoms with Crippen LogP contribution in [0.25, 0.3) is 21.7 Å². The first-order chi connectivity index (χ1) is 19.0. The number of non-ortho nitro benzene ring substituents is 1. The zero-order chi connectivity index (χ0) is 27.6. The Hall–Kier alpha value is -4.04. The molecule has 1 N–H and O–H groups in total. The topological polar surface area (TPSA) is 89.7 Å². The summed E-state index contributed by atoms with van der Waals surface area (Å²) in [5.74, 6) is 0.806. The Bertz CT molecular complexity index is 1430. The second-order valence-corrected chi connectivity index (χ2v) is 10.5. The number of hydrogen-bond donors (Lipinski definition) is 1. The van der Waals surface area contributed by atoms with Gasteiger partial charge in [0.05, 0.1) is 28.3 Å². The van der Waals surface area contributed by atoms with Gasteiger partial charge in [0.1, 0.15) is 5.75 Å². The highest BCUT2D eigenvalue weighted by Gasteiger charge is 2.18. The van der Waals surface area contributed by atoms with Crippen molar-refractivity contribution in [2.24, 2.45) is 5.10 Å². The van der Waals surface area contributed by atoms with Crippen molar-refractivity contribution >= 4 is 28.4 Å². The smallest absolute Gasteiger partial charge is 0.269 e. The van der Waals surface area contributed by atoms with E-state index >= 15 is 0 Å². The maximum atomic E-state index is 11.1. The summed E-state index contributed by atoms with van der Waals surface area (Å²) in [5, 5.41) is 16.2. The van der Waals surface area contributed by atoms with Crippen LogP contribution in [0.4, 0.5) is 10.8 Å². The van der Waals surface area contributed by atoms with Gasteiger partial charge < -0.3 is 4.74 Å². The van der Waals surface area contributed by atoms with Crippen LogP contribution in [0.5, 0.6) is 5.75 Å². The molecule has 0 radical (unpaired) electrons. The molecule has 0 atom stereocenters. The van der Waals surface area contributed by atoms with E-state index in [0.717, 1.165) is 45.0 Å². The number of hydrazone groups is 1. The van der Waals surface area contributed by atoms with Gasteiger partial charge in [-0.3, -0.25) is 15.5 Å². The quantitative estimate of drug-likeness (QED) is 0.0789. The molecular weight excluding hydrogens is 508 g/mol. The van der Waals surface area contributed by atoms with E-state index in [1.54, 1.807) is 18.3 Å². The van der Waals surface area contributed by atoms with Gasteiger partial charge in [-0.2, -0.15) is 5.10 Å². The van der Waals surface area contributed by atoms with E-state index in [2.05, 4.69) is 49.5 Å². The molecule has 1 heterocycles. The molecule has 0 aliphatic heterocycles. The molecule has 0 spiro atoms. The number of unbranched alkanes of at least 4 members (excludes halogenated alkanes) is 4. The summed E-state index contributed by atoms with van der Waals surface area (Å²) in [6.45, 7) is 7.02. The van der Waals surface area contributed by atoms with Crippen LogP contribution >= 0.6 is 11.3 Å². The molecular formula is C31H34N4O3S. The van der Waals surface area contributed by atoms with Crippen LogP contribution in [0.1, 0.15) is 55.7 Å². The van der Waals surface area contributed by atoms with Gasteiger partial charge in [-0.25, -0.2) is 4.98 Å². The van der Waals surface area contributed by atoms with E-state index in [-0.39, 0.29) is 5.69 Å². The molecule has 8 heteroatoms. The summed E-state index contributed by atoms with van der Waals surface area (Å²) in [4.78, 5) is 16.5. The summed E-state index contributed by atoms with van der Waals surface area (Å²) in [7, 11) is 0. The minimum absolute atomic E-state index is 0.0566. The number of nitro groups is 1. The third kappa shape index (κ3) is 7.51. The molecule has 202 valence electrons. The number of ether oxygens (including phenoxy) is 1. The number of nitrogens with zero attached hydrogens (tertiary/aromatic N) is 3. The van der Waals surface area contributed by atoms with Crippen LogP contribution in [0.3, 0.4) is 0 Å². The second kappa shape index (κ2) is 13.7. The van der Waals surface area contributed by atoms with Crippen molar-refractivity contribution in [3.63, 3.8) is 0 Å². The van der Waals surface area contributed by atoms with Gasteiger partial charge in [0.2, 0.25) is 5.13 Å². The van der Waals surface area contributed by atoms with Gasteiger partial charge in [0.15, 0.2) is 0 Å². The lowest BCUT2D eigenvalue weighted by Gasteiger charge is -2.08. The predicted octanol–water partition coefficient (Wildman–Crippen LogP) is 8.80. The number of benzene rings is 3. The average Bonchev–Trinajstić information content (AvgIpc) is 3.35. The number of hydrogen-bond acceptors (Lipinski definition) is 7. The molecule has 0 fully saturated rings. The third-order valence-electron chi connectivity index (χ3n) is 6.39. The van der Waals surface area contributed by atoms with Gasteiger partial charge in [0.25, 0.3) is 5.69 Å². The summed E-state index contributed by atoms with van der Waals surface area (Å²) in [5.41, 5.74) is 9.01. The lowest BCUT2D eigenvalue weighted by molar-refractivity contribution is -0.384. The Morgan fingerprint density at radius 2 is 1.79 bits per heavy atom. The molecule has 3 aromatic carbocycles. The zero-order valence-corrected chi connectivity index (χ0v) is 23.5. The van der Waals surface area contributed by atoms with E-state index in [1.165, 1.54) is 54.7 Å². The Morgan fingerprint density at radius 3 is 2.54 bits per heavy atom. The summed E-state index contributed by atoms with van der Waals surface area (Å²) in [6.07, 6.45) is 7.70. The van der Waals surface area contributed by atoms with Crippen LogP contribution in [0.2, 0.25) is 0 Å². The van der Waals surface area contributed by atoms with Crippen LogP contribution < -0.4 is 10.2 Å². The van der Waals surface area contributed by atoms with Crippen molar-refractivity contribution in [2.75, 3.05) is 12.0 Å². The number of rotatable bonds is 13. The van der Waals surface area contributed by atoms with Crippen LogP contribution in [-0.2, 0) is 0 Å². The summed E-state index contributed by atoms with van der Waals surface area (Å²) >= 11 is 1.46. The summed E-state index contributed by atoms with van der Waals surface area (Å²) in [6, 6.07) is 20.7. The van der Waals surface area contributed by atoms with Crippen molar-refractivity contribution < 1.29 is 9.66 Å². The minimum Gasteiger partial charge on any atom is -0.493 e. The van der Waals surface area contributed by atoms with Crippen molar-refractivity contribution in [1.29, 1.82) is 0 Å². The first-order valence-corrected chi connectivity index (χ1v) is 14.1. The molecule has 0 bridgehead atoms. The molecule has 1 aromatic heterocycles. The fraction of sp³-hybridized carbons (Fsp3) is 0.290. The largest absolute Gasteiger partial charge is 0.493 e. The Kier molecular flexibility index (Phi) is 9.80. The van der Waals surface area contributed by atoms with Gasteiger partial charge in [0, 0.05) is 23.3 Å². The number of para-hydroxylation sites is 1. The average molecular weight is 543 g/mol. The fourth-order valence-electron chi connectivity index (χ4n) is 4.32. The van der Waals surface area contributed by atoms with E-state index in [0.29, 0.717) is 11.7 Å².